The number of nitrogens with one attached hydrogen (secondary N) is 2. The molecule has 2 aromatic heterocycles. The van der Waals surface area contributed by atoms with Gasteiger partial charge in [0.15, 0.2) is 16.4 Å². The van der Waals surface area contributed by atoms with Gasteiger partial charge in [0.25, 0.3) is 5.91 Å². The Balaban J connectivity index is 1.49. The second-order valence-corrected chi connectivity index (χ2v) is 9.16. The lowest BCUT2D eigenvalue weighted by Gasteiger charge is -2.14. The first-order chi connectivity index (χ1) is 12.9. The maximum Gasteiger partial charge on any atom is 0.287 e. The molecule has 0 spiro atoms. The molecule has 0 unspecified atom stereocenters. The molecule has 1 aliphatic carbocycles. The summed E-state index contributed by atoms with van der Waals surface area (Å²) >= 11 is 5.22. The van der Waals surface area contributed by atoms with E-state index in [1.54, 1.807) is 6.92 Å². The van der Waals surface area contributed by atoms with E-state index in [0.29, 0.717) is 29.7 Å². The SMILES string of the molecule is Cc1oc(C(=O)NCc2n[nH]c(=S)n2C2CC2)cc1S(=O)(=O)N1CCCC1. The van der Waals surface area contributed by atoms with Crippen LogP contribution in [-0.4, -0.2) is 46.5 Å². The first kappa shape index (κ1) is 18.4. The molecule has 1 saturated heterocycles. The number of H-pyrrole nitrogens is 1. The number of amides is 1. The lowest BCUT2D eigenvalue weighted by molar-refractivity contribution is 0.0920. The van der Waals surface area contributed by atoms with Crippen molar-refractivity contribution < 1.29 is 17.6 Å². The van der Waals surface area contributed by atoms with E-state index in [4.69, 9.17) is 16.6 Å². The number of hydrogen-bond acceptors (Lipinski definition) is 6. The van der Waals surface area contributed by atoms with E-state index in [2.05, 4.69) is 15.5 Å². The zero-order chi connectivity index (χ0) is 19.2. The van der Waals surface area contributed by atoms with Gasteiger partial charge in [0.2, 0.25) is 10.0 Å². The van der Waals surface area contributed by atoms with Crippen LogP contribution in [0.4, 0.5) is 0 Å². The van der Waals surface area contributed by atoms with Gasteiger partial charge in [0, 0.05) is 25.2 Å². The summed E-state index contributed by atoms with van der Waals surface area (Å²) in [6.07, 6.45) is 3.78. The van der Waals surface area contributed by atoms with Crippen LogP contribution in [0.25, 0.3) is 0 Å². The second-order valence-electron chi connectivity index (χ2n) is 6.87. The van der Waals surface area contributed by atoms with Crippen molar-refractivity contribution in [3.63, 3.8) is 0 Å². The number of aromatic amines is 1. The molecule has 3 heterocycles. The van der Waals surface area contributed by atoms with Gasteiger partial charge in [0.1, 0.15) is 10.7 Å². The molecule has 27 heavy (non-hydrogen) atoms. The fourth-order valence-corrected chi connectivity index (χ4v) is 5.30. The van der Waals surface area contributed by atoms with Gasteiger partial charge in [-0.15, -0.1) is 0 Å². The molecule has 1 amide bonds. The number of aryl methyl sites for hydroxylation is 1. The average molecular weight is 412 g/mol. The molecule has 2 fully saturated rings. The minimum Gasteiger partial charge on any atom is -0.455 e. The van der Waals surface area contributed by atoms with Crippen LogP contribution >= 0.6 is 12.2 Å². The number of nitrogens with zero attached hydrogens (tertiary/aromatic N) is 3. The number of aromatic nitrogens is 3. The maximum absolute atomic E-state index is 12.7. The van der Waals surface area contributed by atoms with Crippen molar-refractivity contribution in [1.29, 1.82) is 0 Å². The normalized spacial score (nSPS) is 18.1. The minimum atomic E-state index is -3.63. The third-order valence-electron chi connectivity index (χ3n) is 4.88. The fourth-order valence-electron chi connectivity index (χ4n) is 3.32. The van der Waals surface area contributed by atoms with Crippen LogP contribution < -0.4 is 5.32 Å². The van der Waals surface area contributed by atoms with Gasteiger partial charge >= 0.3 is 0 Å². The molecule has 0 aromatic carbocycles. The molecular formula is C16H21N5O4S2. The highest BCUT2D eigenvalue weighted by Gasteiger charge is 2.32. The lowest BCUT2D eigenvalue weighted by atomic mass is 10.4. The van der Waals surface area contributed by atoms with Gasteiger partial charge in [-0.25, -0.2) is 8.42 Å². The molecule has 9 nitrogen and oxygen atoms in total. The predicted octanol–water partition coefficient (Wildman–Crippen LogP) is 1.89. The highest BCUT2D eigenvalue weighted by molar-refractivity contribution is 7.89. The molecule has 1 aliphatic heterocycles. The predicted molar refractivity (Wildman–Crippen MR) is 98.3 cm³/mol. The summed E-state index contributed by atoms with van der Waals surface area (Å²) in [6, 6.07) is 1.64. The van der Waals surface area contributed by atoms with E-state index in [1.165, 1.54) is 10.4 Å². The summed E-state index contributed by atoms with van der Waals surface area (Å²) in [5.41, 5.74) is 0. The smallest absolute Gasteiger partial charge is 0.287 e. The minimum absolute atomic E-state index is 0.0302. The van der Waals surface area contributed by atoms with Crippen LogP contribution in [0.2, 0.25) is 0 Å². The van der Waals surface area contributed by atoms with E-state index in [9.17, 15) is 13.2 Å². The van der Waals surface area contributed by atoms with Gasteiger partial charge in [0.05, 0.1) is 6.54 Å². The van der Waals surface area contributed by atoms with Crippen LogP contribution in [0.1, 0.15) is 53.9 Å². The first-order valence-corrected chi connectivity index (χ1v) is 10.8. The van der Waals surface area contributed by atoms with Crippen LogP contribution in [0.5, 0.6) is 0 Å². The van der Waals surface area contributed by atoms with Gasteiger partial charge in [-0.1, -0.05) is 0 Å². The van der Waals surface area contributed by atoms with Crippen molar-refractivity contribution in [1.82, 2.24) is 24.4 Å². The Hall–Kier alpha value is -1.98. The van der Waals surface area contributed by atoms with Crippen LogP contribution in [0.3, 0.4) is 0 Å². The largest absolute Gasteiger partial charge is 0.455 e. The molecule has 146 valence electrons. The summed E-state index contributed by atoms with van der Waals surface area (Å²) in [4.78, 5) is 12.5. The summed E-state index contributed by atoms with van der Waals surface area (Å²) in [6.45, 7) is 2.73. The zero-order valence-corrected chi connectivity index (χ0v) is 16.5. The van der Waals surface area contributed by atoms with Crippen LogP contribution in [0, 0.1) is 11.7 Å². The molecule has 2 aromatic rings. The molecule has 0 bridgehead atoms. The van der Waals surface area contributed by atoms with Gasteiger partial charge < -0.3 is 9.73 Å². The number of hydrogen-bond donors (Lipinski definition) is 2. The zero-order valence-electron chi connectivity index (χ0n) is 14.9. The summed E-state index contributed by atoms with van der Waals surface area (Å²) in [5.74, 6) is 0.339. The molecule has 0 radical (unpaired) electrons. The summed E-state index contributed by atoms with van der Waals surface area (Å²) in [7, 11) is -3.63. The van der Waals surface area contributed by atoms with E-state index >= 15 is 0 Å². The summed E-state index contributed by atoms with van der Waals surface area (Å²) in [5, 5.41) is 9.62. The quantitative estimate of drug-likeness (QED) is 0.702. The monoisotopic (exact) mass is 411 g/mol. The van der Waals surface area contributed by atoms with Gasteiger partial charge in [-0.05, 0) is 44.8 Å². The molecule has 1 saturated carbocycles. The average Bonchev–Trinajstić information content (AvgIpc) is 3.02. The Morgan fingerprint density at radius 1 is 1.41 bits per heavy atom. The van der Waals surface area contributed by atoms with Gasteiger partial charge in [-0.2, -0.15) is 9.40 Å². The molecule has 0 atom stereocenters. The van der Waals surface area contributed by atoms with Crippen molar-refractivity contribution in [3.05, 3.63) is 28.2 Å². The van der Waals surface area contributed by atoms with Crippen LogP contribution in [-0.2, 0) is 16.6 Å². The third-order valence-corrected chi connectivity index (χ3v) is 7.17. The standard InChI is InChI=1S/C16H21N5O4S2/c1-10-13(27(23,24)20-6-2-3-7-20)8-12(25-10)15(22)17-9-14-18-19-16(26)21(14)11-4-5-11/h8,11H,2-7,9H2,1H3,(H,17,22)(H,19,26). The number of sulfonamides is 1. The van der Waals surface area contributed by atoms with Crippen molar-refractivity contribution >= 4 is 28.1 Å². The van der Waals surface area contributed by atoms with E-state index < -0.39 is 15.9 Å². The Morgan fingerprint density at radius 3 is 2.78 bits per heavy atom. The van der Waals surface area contributed by atoms with Crippen LogP contribution in [0.15, 0.2) is 15.4 Å². The molecule has 2 aliphatic rings. The topological polar surface area (TPSA) is 113 Å². The van der Waals surface area contributed by atoms with Gasteiger partial charge in [-0.3, -0.25) is 14.5 Å². The highest BCUT2D eigenvalue weighted by atomic mass is 32.2. The Morgan fingerprint density at radius 2 is 2.11 bits per heavy atom. The van der Waals surface area contributed by atoms with Crippen molar-refractivity contribution in [2.24, 2.45) is 0 Å². The van der Waals surface area contributed by atoms with E-state index in [-0.39, 0.29) is 23.0 Å². The van der Waals surface area contributed by atoms with Crippen molar-refractivity contribution in [3.8, 4) is 0 Å². The van der Waals surface area contributed by atoms with E-state index in [0.717, 1.165) is 25.7 Å². The number of carbonyl (C=O) groups excluding carboxylic acids is 1. The highest BCUT2D eigenvalue weighted by Crippen LogP contribution is 2.35. The Bertz CT molecular complexity index is 1030. The Kier molecular flexibility index (Phi) is 4.68. The summed E-state index contributed by atoms with van der Waals surface area (Å²) < 4.78 is 34.7. The van der Waals surface area contributed by atoms with E-state index in [1.807, 2.05) is 4.57 Å². The second kappa shape index (κ2) is 6.88. The van der Waals surface area contributed by atoms with Crippen molar-refractivity contribution in [2.45, 2.75) is 50.1 Å². The number of carbonyl (C=O) groups is 1. The number of furan rings is 1. The number of rotatable bonds is 6. The molecular weight excluding hydrogens is 390 g/mol. The fraction of sp³-hybridized carbons (Fsp3) is 0.562. The maximum atomic E-state index is 12.7. The Labute approximate surface area is 161 Å². The molecule has 4 rings (SSSR count). The van der Waals surface area contributed by atoms with Crippen molar-refractivity contribution in [2.75, 3.05) is 13.1 Å². The first-order valence-electron chi connectivity index (χ1n) is 8.92. The third kappa shape index (κ3) is 3.46. The molecule has 11 heteroatoms. The molecule has 2 N–H and O–H groups in total. The lowest BCUT2D eigenvalue weighted by Crippen LogP contribution is -2.28.